The number of hydrogen-bond donors (Lipinski definition) is 1. The molecule has 1 rings (SSSR count). The maximum absolute atomic E-state index is 13.6. The zero-order valence-corrected chi connectivity index (χ0v) is 14.3. The minimum absolute atomic E-state index is 0.0735. The highest BCUT2D eigenvalue weighted by Gasteiger charge is 2.38. The summed E-state index contributed by atoms with van der Waals surface area (Å²) in [6.07, 6.45) is 0.122. The standard InChI is InChI=1S/C15H23F3O3Si/c1-10(2)20-22(19,21-11(3)4)7-5-6-12-8-14(17)15(18)9-13(12)16/h8-11,19H,5-7H2,1-4H3. The van der Waals surface area contributed by atoms with Crippen molar-refractivity contribution in [1.29, 1.82) is 0 Å². The van der Waals surface area contributed by atoms with Crippen LogP contribution in [0.15, 0.2) is 12.1 Å². The van der Waals surface area contributed by atoms with Crippen molar-refractivity contribution in [2.24, 2.45) is 0 Å². The summed E-state index contributed by atoms with van der Waals surface area (Å²) in [5.41, 5.74) is 0.0735. The minimum Gasteiger partial charge on any atom is -0.390 e. The Bertz CT molecular complexity index is 485. The zero-order valence-electron chi connectivity index (χ0n) is 13.3. The number of benzene rings is 1. The lowest BCUT2D eigenvalue weighted by atomic mass is 10.1. The summed E-state index contributed by atoms with van der Waals surface area (Å²) in [5, 5.41) is 0. The molecule has 0 aliphatic carbocycles. The third-order valence-electron chi connectivity index (χ3n) is 2.87. The van der Waals surface area contributed by atoms with E-state index < -0.39 is 26.3 Å². The fourth-order valence-corrected chi connectivity index (χ4v) is 4.53. The molecule has 0 aliphatic heterocycles. The third kappa shape index (κ3) is 6.08. The molecule has 126 valence electrons. The predicted octanol–water partition coefficient (Wildman–Crippen LogP) is 3.82. The van der Waals surface area contributed by atoms with Crippen LogP contribution >= 0.6 is 0 Å². The molecule has 1 N–H and O–H groups in total. The van der Waals surface area contributed by atoms with Gasteiger partial charge < -0.3 is 13.6 Å². The molecular formula is C15H23F3O3Si. The molecule has 7 heteroatoms. The molecule has 0 saturated carbocycles. The fourth-order valence-electron chi connectivity index (χ4n) is 2.14. The number of hydrogen-bond acceptors (Lipinski definition) is 3. The average Bonchev–Trinajstić information content (AvgIpc) is 2.33. The Labute approximate surface area is 130 Å². The van der Waals surface area contributed by atoms with E-state index in [0.29, 0.717) is 12.5 Å². The van der Waals surface area contributed by atoms with Crippen LogP contribution in [0.5, 0.6) is 0 Å². The van der Waals surface area contributed by atoms with Crippen LogP contribution in [0.1, 0.15) is 39.7 Å². The first-order chi connectivity index (χ1) is 10.1. The zero-order chi connectivity index (χ0) is 16.9. The van der Waals surface area contributed by atoms with Crippen molar-refractivity contribution in [1.82, 2.24) is 0 Å². The molecular weight excluding hydrogens is 313 g/mol. The first kappa shape index (κ1) is 19.2. The molecule has 0 amide bonds. The van der Waals surface area contributed by atoms with Gasteiger partial charge in [-0.15, -0.1) is 0 Å². The van der Waals surface area contributed by atoms with Crippen LogP contribution in [0.25, 0.3) is 0 Å². The smallest absolute Gasteiger partial charge is 0.390 e. The summed E-state index contributed by atoms with van der Waals surface area (Å²) in [5.74, 6) is -3.09. The predicted molar refractivity (Wildman–Crippen MR) is 79.9 cm³/mol. The molecule has 3 nitrogen and oxygen atoms in total. The summed E-state index contributed by atoms with van der Waals surface area (Å²) >= 11 is 0. The Kier molecular flexibility index (Phi) is 7.05. The van der Waals surface area contributed by atoms with Gasteiger partial charge in [0.15, 0.2) is 11.6 Å². The van der Waals surface area contributed by atoms with Crippen molar-refractivity contribution >= 4 is 8.80 Å². The van der Waals surface area contributed by atoms with Gasteiger partial charge in [0.25, 0.3) is 0 Å². The molecule has 0 spiro atoms. The first-order valence-electron chi connectivity index (χ1n) is 7.34. The highest BCUT2D eigenvalue weighted by molar-refractivity contribution is 6.59. The third-order valence-corrected chi connectivity index (χ3v) is 5.53. The van der Waals surface area contributed by atoms with Crippen molar-refractivity contribution in [2.75, 3.05) is 0 Å². The van der Waals surface area contributed by atoms with Crippen LogP contribution in [0.2, 0.25) is 6.04 Å². The Balaban J connectivity index is 2.68. The fraction of sp³-hybridized carbons (Fsp3) is 0.600. The van der Waals surface area contributed by atoms with Gasteiger partial charge in [-0.3, -0.25) is 0 Å². The van der Waals surface area contributed by atoms with E-state index in [4.69, 9.17) is 8.85 Å². The second-order valence-corrected chi connectivity index (χ2v) is 8.15. The maximum Gasteiger partial charge on any atom is 0.498 e. The van der Waals surface area contributed by atoms with Gasteiger partial charge in [-0.25, -0.2) is 13.2 Å². The normalized spacial score (nSPS) is 12.5. The van der Waals surface area contributed by atoms with E-state index in [2.05, 4.69) is 0 Å². The van der Waals surface area contributed by atoms with Crippen molar-refractivity contribution in [2.45, 2.75) is 58.8 Å². The van der Waals surface area contributed by atoms with E-state index >= 15 is 0 Å². The van der Waals surface area contributed by atoms with Crippen LogP contribution < -0.4 is 0 Å². The van der Waals surface area contributed by atoms with Gasteiger partial charge in [-0.1, -0.05) is 0 Å². The largest absolute Gasteiger partial charge is 0.498 e. The van der Waals surface area contributed by atoms with Gasteiger partial charge in [0.05, 0.1) is 0 Å². The highest BCUT2D eigenvalue weighted by Crippen LogP contribution is 2.21. The van der Waals surface area contributed by atoms with Crippen LogP contribution in [0.3, 0.4) is 0 Å². The molecule has 1 aromatic carbocycles. The van der Waals surface area contributed by atoms with Gasteiger partial charge in [0.1, 0.15) is 5.82 Å². The number of aryl methyl sites for hydroxylation is 1. The van der Waals surface area contributed by atoms with Crippen molar-refractivity contribution < 1.29 is 26.8 Å². The Hall–Kier alpha value is -0.893. The maximum atomic E-state index is 13.6. The van der Waals surface area contributed by atoms with Crippen LogP contribution in [-0.4, -0.2) is 25.8 Å². The van der Waals surface area contributed by atoms with Crippen LogP contribution in [-0.2, 0) is 15.3 Å². The van der Waals surface area contributed by atoms with Gasteiger partial charge in [-0.2, -0.15) is 0 Å². The molecule has 0 fully saturated rings. The molecule has 0 aliphatic rings. The SMILES string of the molecule is CC(C)O[Si](O)(CCCc1cc(F)c(F)cc1F)OC(C)C. The second kappa shape index (κ2) is 8.10. The van der Waals surface area contributed by atoms with Gasteiger partial charge in [-0.05, 0) is 52.2 Å². The molecule has 1 aromatic rings. The lowest BCUT2D eigenvalue weighted by molar-refractivity contribution is 0.0473. The van der Waals surface area contributed by atoms with E-state index in [1.54, 1.807) is 27.7 Å². The highest BCUT2D eigenvalue weighted by atomic mass is 28.4. The monoisotopic (exact) mass is 336 g/mol. The number of halogens is 3. The van der Waals surface area contributed by atoms with Gasteiger partial charge in [0.2, 0.25) is 0 Å². The summed E-state index contributed by atoms with van der Waals surface area (Å²) < 4.78 is 50.6. The van der Waals surface area contributed by atoms with E-state index in [1.165, 1.54) is 0 Å². The summed E-state index contributed by atoms with van der Waals surface area (Å²) in [6, 6.07) is 1.60. The van der Waals surface area contributed by atoms with Crippen molar-refractivity contribution in [3.05, 3.63) is 35.1 Å². The second-order valence-electron chi connectivity index (χ2n) is 5.76. The van der Waals surface area contributed by atoms with Crippen LogP contribution in [0.4, 0.5) is 13.2 Å². The van der Waals surface area contributed by atoms with E-state index in [0.717, 1.165) is 6.07 Å². The Morgan fingerprint density at radius 1 is 0.955 bits per heavy atom. The van der Waals surface area contributed by atoms with Gasteiger partial charge in [0, 0.05) is 24.3 Å². The molecule has 22 heavy (non-hydrogen) atoms. The lowest BCUT2D eigenvalue weighted by Gasteiger charge is -2.28. The summed E-state index contributed by atoms with van der Waals surface area (Å²) in [4.78, 5) is 10.5. The molecule has 0 saturated heterocycles. The van der Waals surface area contributed by atoms with Crippen molar-refractivity contribution in [3.8, 4) is 0 Å². The number of rotatable bonds is 8. The Morgan fingerprint density at radius 2 is 1.45 bits per heavy atom. The summed E-state index contributed by atoms with van der Waals surface area (Å²) in [6.45, 7) is 7.15. The molecule has 0 atom stereocenters. The van der Waals surface area contributed by atoms with E-state index in [1.807, 2.05) is 0 Å². The van der Waals surface area contributed by atoms with Crippen molar-refractivity contribution in [3.63, 3.8) is 0 Å². The molecule has 0 radical (unpaired) electrons. The van der Waals surface area contributed by atoms with E-state index in [-0.39, 0.29) is 30.2 Å². The quantitative estimate of drug-likeness (QED) is 0.579. The molecule has 0 aromatic heterocycles. The first-order valence-corrected chi connectivity index (χ1v) is 9.31. The molecule has 0 unspecified atom stereocenters. The van der Waals surface area contributed by atoms with E-state index in [9.17, 15) is 18.0 Å². The summed E-state index contributed by atoms with van der Waals surface area (Å²) in [7, 11) is -3.36. The minimum atomic E-state index is -3.36. The lowest BCUT2D eigenvalue weighted by Crippen LogP contribution is -2.46. The van der Waals surface area contributed by atoms with Crippen LogP contribution in [0, 0.1) is 17.5 Å². The molecule has 0 bridgehead atoms. The van der Waals surface area contributed by atoms with Gasteiger partial charge >= 0.3 is 8.80 Å². The topological polar surface area (TPSA) is 38.7 Å². The Morgan fingerprint density at radius 3 is 1.95 bits per heavy atom. The molecule has 0 heterocycles. The average molecular weight is 336 g/mol.